The predicted molar refractivity (Wildman–Crippen MR) is 85.0 cm³/mol. The summed E-state index contributed by atoms with van der Waals surface area (Å²) in [6.07, 6.45) is 8.27. The molecule has 118 valence electrons. The van der Waals surface area contributed by atoms with Gasteiger partial charge in [-0.05, 0) is 24.8 Å². The fourth-order valence-corrected chi connectivity index (χ4v) is 4.14. The van der Waals surface area contributed by atoms with E-state index in [1.807, 2.05) is 0 Å². The summed E-state index contributed by atoms with van der Waals surface area (Å²) in [5.74, 6) is 0.691. The highest BCUT2D eigenvalue weighted by atomic mass is 32.2. The van der Waals surface area contributed by atoms with E-state index in [9.17, 15) is 13.2 Å². The maximum atomic E-state index is 12.2. The second kappa shape index (κ2) is 6.64. The van der Waals surface area contributed by atoms with Gasteiger partial charge in [-0.3, -0.25) is 9.52 Å². The molecule has 0 atom stereocenters. The van der Waals surface area contributed by atoms with Gasteiger partial charge in [0.15, 0.2) is 0 Å². The smallest absolute Gasteiger partial charge is 0.250 e. The van der Waals surface area contributed by atoms with Crippen LogP contribution in [0.2, 0.25) is 0 Å². The Morgan fingerprint density at radius 2 is 1.95 bits per heavy atom. The van der Waals surface area contributed by atoms with Gasteiger partial charge >= 0.3 is 0 Å². The van der Waals surface area contributed by atoms with E-state index in [0.29, 0.717) is 17.2 Å². The number of nitrogens with zero attached hydrogens (tertiary/aromatic N) is 1. The van der Waals surface area contributed by atoms with E-state index in [1.165, 1.54) is 36.1 Å². The van der Waals surface area contributed by atoms with Gasteiger partial charge in [-0.2, -0.15) is 0 Å². The lowest BCUT2D eigenvalue weighted by molar-refractivity contribution is 0.350. The first kappa shape index (κ1) is 16.1. The van der Waals surface area contributed by atoms with Crippen LogP contribution >= 0.6 is 0 Å². The molecule has 0 aliphatic heterocycles. The fourth-order valence-electron chi connectivity index (χ4n) is 2.85. The number of rotatable bonds is 5. The number of hydrogen-bond acceptors (Lipinski definition) is 3. The molecule has 5 nitrogen and oxygen atoms in total. The van der Waals surface area contributed by atoms with Gasteiger partial charge in [0.2, 0.25) is 10.0 Å². The molecule has 1 N–H and O–H groups in total. The zero-order valence-corrected chi connectivity index (χ0v) is 13.6. The van der Waals surface area contributed by atoms with Crippen molar-refractivity contribution in [2.24, 2.45) is 13.0 Å². The van der Waals surface area contributed by atoms with Gasteiger partial charge in [0, 0.05) is 19.3 Å². The van der Waals surface area contributed by atoms with Gasteiger partial charge in [0.05, 0.1) is 11.4 Å². The topological polar surface area (TPSA) is 68.2 Å². The average molecular weight is 312 g/mol. The van der Waals surface area contributed by atoms with Crippen molar-refractivity contribution in [2.75, 3.05) is 10.5 Å². The van der Waals surface area contributed by atoms with E-state index in [1.54, 1.807) is 14.0 Å². The minimum Gasteiger partial charge on any atom is -0.316 e. The minimum absolute atomic E-state index is 0.141. The molecule has 6 heteroatoms. The summed E-state index contributed by atoms with van der Waals surface area (Å²) in [7, 11) is -1.74. The van der Waals surface area contributed by atoms with Crippen LogP contribution in [0.25, 0.3) is 0 Å². The quantitative estimate of drug-likeness (QED) is 0.908. The predicted octanol–water partition coefficient (Wildman–Crippen LogP) is 2.41. The summed E-state index contributed by atoms with van der Waals surface area (Å²) >= 11 is 0. The van der Waals surface area contributed by atoms with Crippen molar-refractivity contribution in [1.82, 2.24) is 4.57 Å². The van der Waals surface area contributed by atoms with Crippen molar-refractivity contribution in [3.05, 3.63) is 28.2 Å². The van der Waals surface area contributed by atoms with Gasteiger partial charge in [0.1, 0.15) is 0 Å². The number of aromatic nitrogens is 1. The number of nitrogens with one attached hydrogen (secondary N) is 1. The monoisotopic (exact) mass is 312 g/mol. The molecule has 1 saturated carbocycles. The molecule has 1 aliphatic rings. The maximum Gasteiger partial charge on any atom is 0.250 e. The van der Waals surface area contributed by atoms with E-state index in [4.69, 9.17) is 0 Å². The standard InChI is InChI=1S/C15H24N2O3S/c1-12-10-15(18)17(2)11-14(12)16-21(19,20)9-8-13-6-4-3-5-7-13/h10-11,13,16H,3-9H2,1-2H3. The Balaban J connectivity index is 2.00. The summed E-state index contributed by atoms with van der Waals surface area (Å²) in [6.45, 7) is 1.74. The van der Waals surface area contributed by atoms with Crippen molar-refractivity contribution in [3.63, 3.8) is 0 Å². The third-order valence-electron chi connectivity index (χ3n) is 4.22. The first-order valence-corrected chi connectivity index (χ1v) is 9.20. The van der Waals surface area contributed by atoms with Gasteiger partial charge < -0.3 is 4.57 Å². The molecule has 0 saturated heterocycles. The molecular weight excluding hydrogens is 288 g/mol. The van der Waals surface area contributed by atoms with E-state index >= 15 is 0 Å². The fraction of sp³-hybridized carbons (Fsp3) is 0.667. The largest absolute Gasteiger partial charge is 0.316 e. The van der Waals surface area contributed by atoms with Crippen LogP contribution in [0, 0.1) is 12.8 Å². The van der Waals surface area contributed by atoms with E-state index in [0.717, 1.165) is 19.3 Å². The molecule has 0 spiro atoms. The minimum atomic E-state index is -3.35. The zero-order valence-electron chi connectivity index (χ0n) is 12.8. The Labute approximate surface area is 126 Å². The van der Waals surface area contributed by atoms with Crippen LogP contribution < -0.4 is 10.3 Å². The first-order chi connectivity index (χ1) is 9.87. The Hall–Kier alpha value is -1.30. The van der Waals surface area contributed by atoms with Crippen molar-refractivity contribution in [2.45, 2.75) is 45.4 Å². The molecule has 2 rings (SSSR count). The van der Waals surface area contributed by atoms with Crippen LogP contribution in [-0.4, -0.2) is 18.7 Å². The second-order valence-corrected chi connectivity index (χ2v) is 7.87. The number of hydrogen-bond donors (Lipinski definition) is 1. The number of sulfonamides is 1. The third-order valence-corrected chi connectivity index (χ3v) is 5.52. The van der Waals surface area contributed by atoms with Crippen molar-refractivity contribution >= 4 is 15.7 Å². The summed E-state index contributed by atoms with van der Waals surface area (Å²) in [6, 6.07) is 1.44. The summed E-state index contributed by atoms with van der Waals surface area (Å²) in [5.41, 5.74) is 0.998. The molecule has 1 aromatic heterocycles. The van der Waals surface area contributed by atoms with E-state index in [-0.39, 0.29) is 11.3 Å². The number of anilines is 1. The Kier molecular flexibility index (Phi) is 5.08. The first-order valence-electron chi connectivity index (χ1n) is 7.55. The van der Waals surface area contributed by atoms with Crippen molar-refractivity contribution in [3.8, 4) is 0 Å². The lowest BCUT2D eigenvalue weighted by Crippen LogP contribution is -2.23. The zero-order chi connectivity index (χ0) is 15.5. The molecule has 0 aromatic carbocycles. The lowest BCUT2D eigenvalue weighted by Gasteiger charge is -2.21. The van der Waals surface area contributed by atoms with Gasteiger partial charge in [-0.1, -0.05) is 32.1 Å². The Bertz CT molecular complexity index is 643. The van der Waals surface area contributed by atoms with Crippen molar-refractivity contribution in [1.29, 1.82) is 0 Å². The van der Waals surface area contributed by atoms with Gasteiger partial charge in [-0.15, -0.1) is 0 Å². The summed E-state index contributed by atoms with van der Waals surface area (Å²) in [4.78, 5) is 11.5. The molecule has 1 fully saturated rings. The average Bonchev–Trinajstić information content (AvgIpc) is 2.44. The molecule has 0 radical (unpaired) electrons. The van der Waals surface area contributed by atoms with Crippen LogP contribution in [0.5, 0.6) is 0 Å². The molecule has 1 aromatic rings. The Morgan fingerprint density at radius 1 is 1.29 bits per heavy atom. The molecule has 0 unspecified atom stereocenters. The van der Waals surface area contributed by atoms with Crippen molar-refractivity contribution < 1.29 is 8.42 Å². The molecular formula is C15H24N2O3S. The van der Waals surface area contributed by atoms with Crippen LogP contribution in [0.15, 0.2) is 17.1 Å². The highest BCUT2D eigenvalue weighted by Gasteiger charge is 2.18. The molecule has 0 bridgehead atoms. The van der Waals surface area contributed by atoms with E-state index in [2.05, 4.69) is 4.72 Å². The van der Waals surface area contributed by atoms with Crippen LogP contribution in [-0.2, 0) is 17.1 Å². The highest BCUT2D eigenvalue weighted by molar-refractivity contribution is 7.92. The second-order valence-electron chi connectivity index (χ2n) is 6.03. The summed E-state index contributed by atoms with van der Waals surface area (Å²) < 4.78 is 28.4. The normalized spacial score (nSPS) is 16.9. The van der Waals surface area contributed by atoms with Crippen LogP contribution in [0.1, 0.15) is 44.1 Å². The SMILES string of the molecule is Cc1cc(=O)n(C)cc1NS(=O)(=O)CCC1CCCCC1. The van der Waals surface area contributed by atoms with E-state index < -0.39 is 10.0 Å². The summed E-state index contributed by atoms with van der Waals surface area (Å²) in [5, 5.41) is 0. The Morgan fingerprint density at radius 3 is 2.62 bits per heavy atom. The lowest BCUT2D eigenvalue weighted by atomic mass is 9.88. The maximum absolute atomic E-state index is 12.2. The van der Waals surface area contributed by atoms with Gasteiger partial charge in [0.25, 0.3) is 5.56 Å². The molecule has 1 aliphatic carbocycles. The molecule has 0 amide bonds. The number of pyridine rings is 1. The highest BCUT2D eigenvalue weighted by Crippen LogP contribution is 2.26. The molecule has 1 heterocycles. The number of aryl methyl sites for hydroxylation is 2. The van der Waals surface area contributed by atoms with Crippen LogP contribution in [0.4, 0.5) is 5.69 Å². The molecule has 21 heavy (non-hydrogen) atoms. The van der Waals surface area contributed by atoms with Crippen LogP contribution in [0.3, 0.4) is 0 Å². The third kappa shape index (κ3) is 4.59. The van der Waals surface area contributed by atoms with Gasteiger partial charge in [-0.25, -0.2) is 8.42 Å².